The van der Waals surface area contributed by atoms with Crippen molar-refractivity contribution in [1.82, 2.24) is 5.32 Å². The number of carbonyl (C=O) groups excluding carboxylic acids is 1. The fourth-order valence-electron chi connectivity index (χ4n) is 5.03. The van der Waals surface area contributed by atoms with E-state index in [2.05, 4.69) is 25.2 Å². The van der Waals surface area contributed by atoms with Gasteiger partial charge in [-0.3, -0.25) is 4.79 Å². The van der Waals surface area contributed by atoms with E-state index in [4.69, 9.17) is 24.7 Å². The minimum absolute atomic E-state index is 0.0154. The third kappa shape index (κ3) is 10.7. The Morgan fingerprint density at radius 1 is 1.13 bits per heavy atom. The molecule has 8 heteroatoms. The average Bonchev–Trinajstić information content (AvgIpc) is 2.89. The Balaban J connectivity index is 2.00. The van der Waals surface area contributed by atoms with Gasteiger partial charge in [0.2, 0.25) is 5.91 Å². The second-order valence-corrected chi connectivity index (χ2v) is 11.4. The van der Waals surface area contributed by atoms with Crippen molar-refractivity contribution in [3.8, 4) is 11.5 Å². The number of aliphatic hydroxyl groups is 1. The van der Waals surface area contributed by atoms with E-state index in [0.717, 1.165) is 43.6 Å². The van der Waals surface area contributed by atoms with Crippen LogP contribution < -0.4 is 20.5 Å². The monoisotopic (exact) mass is 536 g/mol. The Morgan fingerprint density at radius 2 is 1.89 bits per heavy atom. The van der Waals surface area contributed by atoms with Crippen molar-refractivity contribution in [2.75, 3.05) is 40.6 Å². The molecule has 0 radical (unpaired) electrons. The van der Waals surface area contributed by atoms with Crippen LogP contribution in [0.25, 0.3) is 0 Å². The third-order valence-electron chi connectivity index (χ3n) is 7.63. The lowest BCUT2D eigenvalue weighted by atomic mass is 9.80. The van der Waals surface area contributed by atoms with E-state index in [0.29, 0.717) is 44.3 Å². The summed E-state index contributed by atoms with van der Waals surface area (Å²) in [5.74, 6) is 1.86. The van der Waals surface area contributed by atoms with Crippen LogP contribution in [0, 0.1) is 23.7 Å². The van der Waals surface area contributed by atoms with Gasteiger partial charge in [0.1, 0.15) is 0 Å². The normalized spacial score (nSPS) is 19.2. The van der Waals surface area contributed by atoms with Crippen molar-refractivity contribution in [1.29, 1.82) is 0 Å². The number of nitrogens with one attached hydrogen (secondary N) is 1. The number of carbonyl (C=O) groups is 1. The first kappa shape index (κ1) is 32.3. The highest BCUT2D eigenvalue weighted by Crippen LogP contribution is 2.32. The second-order valence-electron chi connectivity index (χ2n) is 11.4. The van der Waals surface area contributed by atoms with Crippen molar-refractivity contribution in [3.63, 3.8) is 0 Å². The van der Waals surface area contributed by atoms with E-state index in [9.17, 15) is 9.90 Å². The quantitative estimate of drug-likeness (QED) is 0.258. The lowest BCUT2D eigenvalue weighted by Gasteiger charge is -2.31. The minimum Gasteiger partial charge on any atom is -0.493 e. The molecule has 0 spiro atoms. The van der Waals surface area contributed by atoms with E-state index in [1.165, 1.54) is 0 Å². The van der Waals surface area contributed by atoms with Gasteiger partial charge in [0.15, 0.2) is 11.5 Å². The van der Waals surface area contributed by atoms with E-state index >= 15 is 0 Å². The minimum atomic E-state index is -0.757. The van der Waals surface area contributed by atoms with Gasteiger partial charge in [-0.05, 0) is 67.6 Å². The van der Waals surface area contributed by atoms with Crippen molar-refractivity contribution < 1.29 is 28.8 Å². The number of hydrogen-bond donors (Lipinski definition) is 3. The SMILES string of the molecule is COCCCOc1cc(CC(CC(N)C(O)CC(C(=O)N[C@@H]2CCCOC2)C(C)C)C(C)C)ccc1OC. The molecular formula is C30H52N2O6. The zero-order valence-electron chi connectivity index (χ0n) is 24.4. The number of hydrogen-bond acceptors (Lipinski definition) is 7. The Morgan fingerprint density at radius 3 is 2.50 bits per heavy atom. The van der Waals surface area contributed by atoms with Crippen LogP contribution in [0.5, 0.6) is 11.5 Å². The van der Waals surface area contributed by atoms with Crippen molar-refractivity contribution in [2.45, 2.75) is 84.4 Å². The smallest absolute Gasteiger partial charge is 0.223 e. The first-order chi connectivity index (χ1) is 18.2. The highest BCUT2D eigenvalue weighted by molar-refractivity contribution is 5.79. The molecule has 2 rings (SSSR count). The van der Waals surface area contributed by atoms with Crippen molar-refractivity contribution in [2.24, 2.45) is 29.4 Å². The first-order valence-electron chi connectivity index (χ1n) is 14.3. The molecule has 4 unspecified atom stereocenters. The molecule has 1 aromatic carbocycles. The van der Waals surface area contributed by atoms with E-state index < -0.39 is 12.1 Å². The van der Waals surface area contributed by atoms with Crippen molar-refractivity contribution >= 4 is 5.91 Å². The second kappa shape index (κ2) is 17.0. The molecule has 0 aliphatic carbocycles. The Kier molecular flexibility index (Phi) is 14.4. The summed E-state index contributed by atoms with van der Waals surface area (Å²) in [5, 5.41) is 14.2. The van der Waals surface area contributed by atoms with Gasteiger partial charge in [-0.15, -0.1) is 0 Å². The maximum Gasteiger partial charge on any atom is 0.223 e. The summed E-state index contributed by atoms with van der Waals surface area (Å²) in [6.45, 7) is 10.9. The number of ether oxygens (including phenoxy) is 4. The number of rotatable bonds is 17. The lowest BCUT2D eigenvalue weighted by Crippen LogP contribution is -2.47. The summed E-state index contributed by atoms with van der Waals surface area (Å²) >= 11 is 0. The van der Waals surface area contributed by atoms with Crippen molar-refractivity contribution in [3.05, 3.63) is 23.8 Å². The lowest BCUT2D eigenvalue weighted by molar-refractivity contribution is -0.129. The molecular weight excluding hydrogens is 484 g/mol. The van der Waals surface area contributed by atoms with Crippen LogP contribution in [0.4, 0.5) is 0 Å². The van der Waals surface area contributed by atoms with Crippen LogP contribution in [0.1, 0.15) is 65.4 Å². The molecule has 0 saturated carbocycles. The molecule has 1 aromatic rings. The number of nitrogens with two attached hydrogens (primary N) is 1. The summed E-state index contributed by atoms with van der Waals surface area (Å²) in [7, 11) is 3.32. The Bertz CT molecular complexity index is 812. The number of methoxy groups -OCH3 is 2. The molecule has 1 amide bonds. The largest absolute Gasteiger partial charge is 0.493 e. The number of aliphatic hydroxyl groups excluding tert-OH is 1. The molecule has 1 saturated heterocycles. The Hall–Kier alpha value is -1.87. The molecule has 5 atom stereocenters. The molecule has 0 aromatic heterocycles. The van der Waals surface area contributed by atoms with Crippen LogP contribution in [-0.2, 0) is 20.7 Å². The Labute approximate surface area is 229 Å². The highest BCUT2D eigenvalue weighted by atomic mass is 16.5. The van der Waals surface area contributed by atoms with Gasteiger partial charge in [0, 0.05) is 38.7 Å². The molecule has 1 fully saturated rings. The van der Waals surface area contributed by atoms with Gasteiger partial charge < -0.3 is 35.1 Å². The van der Waals surface area contributed by atoms with Gasteiger partial charge in [0.25, 0.3) is 0 Å². The molecule has 1 aliphatic rings. The van der Waals surface area contributed by atoms with Crippen LogP contribution in [0.15, 0.2) is 18.2 Å². The zero-order chi connectivity index (χ0) is 28.1. The summed E-state index contributed by atoms with van der Waals surface area (Å²) in [4.78, 5) is 13.0. The summed E-state index contributed by atoms with van der Waals surface area (Å²) in [6, 6.07) is 5.67. The van der Waals surface area contributed by atoms with Gasteiger partial charge in [-0.2, -0.15) is 0 Å². The predicted molar refractivity (Wildman–Crippen MR) is 151 cm³/mol. The fraction of sp³-hybridized carbons (Fsp3) is 0.767. The first-order valence-corrected chi connectivity index (χ1v) is 14.3. The van der Waals surface area contributed by atoms with E-state index in [1.807, 2.05) is 26.0 Å². The van der Waals surface area contributed by atoms with Crippen LogP contribution in [-0.4, -0.2) is 69.8 Å². The van der Waals surface area contributed by atoms with Gasteiger partial charge in [-0.1, -0.05) is 33.8 Å². The molecule has 8 nitrogen and oxygen atoms in total. The van der Waals surface area contributed by atoms with Crippen LogP contribution in [0.3, 0.4) is 0 Å². The third-order valence-corrected chi connectivity index (χ3v) is 7.63. The molecule has 1 aliphatic heterocycles. The number of amides is 1. The molecule has 38 heavy (non-hydrogen) atoms. The van der Waals surface area contributed by atoms with Crippen LogP contribution >= 0.6 is 0 Å². The van der Waals surface area contributed by atoms with Crippen LogP contribution in [0.2, 0.25) is 0 Å². The summed E-state index contributed by atoms with van der Waals surface area (Å²) in [5.41, 5.74) is 7.69. The van der Waals surface area contributed by atoms with Gasteiger partial charge in [-0.25, -0.2) is 0 Å². The van der Waals surface area contributed by atoms with E-state index in [1.54, 1.807) is 14.2 Å². The molecule has 4 N–H and O–H groups in total. The maximum absolute atomic E-state index is 13.0. The predicted octanol–water partition coefficient (Wildman–Crippen LogP) is 3.96. The topological polar surface area (TPSA) is 112 Å². The standard InChI is InChI=1S/C30H52N2O6/c1-20(2)23(15-22-10-11-28(36-6)29(16-22)38-14-8-12-35-5)17-26(31)27(33)18-25(21(3)4)30(34)32-24-9-7-13-37-19-24/h10-11,16,20-21,23-27,33H,7-9,12-15,17-19,31H2,1-6H3,(H,32,34)/t23?,24-,25?,26?,27?/m1/s1. The summed E-state index contributed by atoms with van der Waals surface area (Å²) < 4.78 is 22.1. The van der Waals surface area contributed by atoms with E-state index in [-0.39, 0.29) is 29.7 Å². The molecule has 218 valence electrons. The number of benzene rings is 1. The summed E-state index contributed by atoms with van der Waals surface area (Å²) in [6.07, 6.45) is 3.76. The van der Waals surface area contributed by atoms with Gasteiger partial charge in [0.05, 0.1) is 32.5 Å². The molecule has 0 bridgehead atoms. The van der Waals surface area contributed by atoms with Gasteiger partial charge >= 0.3 is 0 Å². The zero-order valence-corrected chi connectivity index (χ0v) is 24.4. The maximum atomic E-state index is 13.0. The average molecular weight is 537 g/mol. The fourth-order valence-corrected chi connectivity index (χ4v) is 5.03. The highest BCUT2D eigenvalue weighted by Gasteiger charge is 2.31. The molecule has 1 heterocycles.